The number of hydrogen-bond donors (Lipinski definition) is 2. The van der Waals surface area contributed by atoms with E-state index in [9.17, 15) is 4.79 Å². The minimum absolute atomic E-state index is 0.0604. The van der Waals surface area contributed by atoms with Crippen molar-refractivity contribution in [3.05, 3.63) is 0 Å². The van der Waals surface area contributed by atoms with Gasteiger partial charge in [-0.1, -0.05) is 19.8 Å². The van der Waals surface area contributed by atoms with E-state index < -0.39 is 0 Å². The topological polar surface area (TPSA) is 41.1 Å². The Kier molecular flexibility index (Phi) is 4.94. The van der Waals surface area contributed by atoms with E-state index >= 15 is 0 Å². The SMILES string of the molecule is CCC1CCCC1NCCNC(C)=O. The summed E-state index contributed by atoms with van der Waals surface area (Å²) in [5, 5.41) is 6.32. The van der Waals surface area contributed by atoms with E-state index in [0.29, 0.717) is 6.04 Å². The van der Waals surface area contributed by atoms with E-state index in [1.165, 1.54) is 25.7 Å². The Morgan fingerprint density at radius 3 is 2.79 bits per heavy atom. The zero-order valence-corrected chi connectivity index (χ0v) is 9.31. The number of carbonyl (C=O) groups excluding carboxylic acids is 1. The van der Waals surface area contributed by atoms with Crippen LogP contribution in [0, 0.1) is 5.92 Å². The number of nitrogens with one attached hydrogen (secondary N) is 2. The van der Waals surface area contributed by atoms with Gasteiger partial charge in [0.05, 0.1) is 0 Å². The zero-order valence-electron chi connectivity index (χ0n) is 9.31. The molecule has 2 atom stereocenters. The van der Waals surface area contributed by atoms with E-state index in [2.05, 4.69) is 17.6 Å². The third-order valence-corrected chi connectivity index (χ3v) is 3.09. The summed E-state index contributed by atoms with van der Waals surface area (Å²) in [5.41, 5.74) is 0. The Bertz CT molecular complexity index is 182. The lowest BCUT2D eigenvalue weighted by atomic mass is 10.0. The molecule has 14 heavy (non-hydrogen) atoms. The summed E-state index contributed by atoms with van der Waals surface area (Å²) in [4.78, 5) is 10.6. The molecular weight excluding hydrogens is 176 g/mol. The van der Waals surface area contributed by atoms with Gasteiger partial charge in [-0.3, -0.25) is 4.79 Å². The molecule has 2 N–H and O–H groups in total. The predicted molar refractivity (Wildman–Crippen MR) is 58.1 cm³/mol. The molecule has 0 bridgehead atoms. The highest BCUT2D eigenvalue weighted by molar-refractivity contribution is 5.72. The first-order valence-electron chi connectivity index (χ1n) is 5.72. The van der Waals surface area contributed by atoms with Crippen LogP contribution in [0.15, 0.2) is 0 Å². The molecule has 3 heteroatoms. The third-order valence-electron chi connectivity index (χ3n) is 3.09. The van der Waals surface area contributed by atoms with Crippen molar-refractivity contribution in [1.82, 2.24) is 10.6 Å². The van der Waals surface area contributed by atoms with Crippen molar-refractivity contribution in [1.29, 1.82) is 0 Å². The van der Waals surface area contributed by atoms with Crippen LogP contribution < -0.4 is 10.6 Å². The summed E-state index contributed by atoms with van der Waals surface area (Å²) in [6, 6.07) is 0.689. The highest BCUT2D eigenvalue weighted by atomic mass is 16.1. The molecule has 1 aliphatic rings. The van der Waals surface area contributed by atoms with E-state index in [1.54, 1.807) is 6.92 Å². The van der Waals surface area contributed by atoms with Crippen molar-refractivity contribution < 1.29 is 4.79 Å². The van der Waals surface area contributed by atoms with Crippen LogP contribution in [0.3, 0.4) is 0 Å². The second kappa shape index (κ2) is 6.02. The molecule has 1 aliphatic carbocycles. The maximum atomic E-state index is 10.6. The van der Waals surface area contributed by atoms with Crippen LogP contribution in [0.25, 0.3) is 0 Å². The second-order valence-electron chi connectivity index (χ2n) is 4.14. The largest absolute Gasteiger partial charge is 0.355 e. The molecule has 3 nitrogen and oxygen atoms in total. The van der Waals surface area contributed by atoms with Crippen molar-refractivity contribution >= 4 is 5.91 Å². The average molecular weight is 198 g/mol. The van der Waals surface area contributed by atoms with Gasteiger partial charge in [-0.2, -0.15) is 0 Å². The molecule has 0 radical (unpaired) electrons. The minimum Gasteiger partial charge on any atom is -0.355 e. The molecule has 1 amide bonds. The van der Waals surface area contributed by atoms with Gasteiger partial charge in [-0.15, -0.1) is 0 Å². The number of amides is 1. The summed E-state index contributed by atoms with van der Waals surface area (Å²) in [5.74, 6) is 0.914. The van der Waals surface area contributed by atoms with Crippen molar-refractivity contribution in [2.75, 3.05) is 13.1 Å². The molecular formula is C11H22N2O. The van der Waals surface area contributed by atoms with Gasteiger partial charge in [0.1, 0.15) is 0 Å². The number of carbonyl (C=O) groups is 1. The fourth-order valence-corrected chi connectivity index (χ4v) is 2.29. The third kappa shape index (κ3) is 3.66. The molecule has 1 saturated carbocycles. The summed E-state index contributed by atoms with van der Waals surface area (Å²) in [7, 11) is 0. The highest BCUT2D eigenvalue weighted by Crippen LogP contribution is 2.27. The van der Waals surface area contributed by atoms with E-state index in [1.807, 2.05) is 0 Å². The van der Waals surface area contributed by atoms with Gasteiger partial charge in [0.2, 0.25) is 5.91 Å². The van der Waals surface area contributed by atoms with Gasteiger partial charge in [0.15, 0.2) is 0 Å². The minimum atomic E-state index is 0.0604. The van der Waals surface area contributed by atoms with Crippen LogP contribution in [-0.2, 0) is 4.79 Å². The molecule has 1 rings (SSSR count). The summed E-state index contributed by atoms with van der Waals surface area (Å²) in [6.45, 7) is 5.48. The van der Waals surface area contributed by atoms with Crippen LogP contribution in [0.5, 0.6) is 0 Å². The van der Waals surface area contributed by atoms with Crippen LogP contribution in [0.1, 0.15) is 39.5 Å². The van der Waals surface area contributed by atoms with Gasteiger partial charge in [-0.05, 0) is 18.8 Å². The Morgan fingerprint density at radius 1 is 1.36 bits per heavy atom. The molecule has 0 aromatic heterocycles. The molecule has 82 valence electrons. The van der Waals surface area contributed by atoms with Crippen LogP contribution >= 0.6 is 0 Å². The monoisotopic (exact) mass is 198 g/mol. The van der Waals surface area contributed by atoms with Crippen molar-refractivity contribution in [2.45, 2.75) is 45.6 Å². The molecule has 0 aromatic carbocycles. The Morgan fingerprint density at radius 2 is 2.14 bits per heavy atom. The first-order valence-corrected chi connectivity index (χ1v) is 5.72. The lowest BCUT2D eigenvalue weighted by molar-refractivity contribution is -0.118. The van der Waals surface area contributed by atoms with Crippen molar-refractivity contribution in [3.8, 4) is 0 Å². The first kappa shape index (κ1) is 11.5. The molecule has 0 saturated heterocycles. The van der Waals surface area contributed by atoms with E-state index in [4.69, 9.17) is 0 Å². The van der Waals surface area contributed by atoms with Crippen LogP contribution in [0.4, 0.5) is 0 Å². The van der Waals surface area contributed by atoms with Crippen molar-refractivity contribution in [3.63, 3.8) is 0 Å². The summed E-state index contributed by atoms with van der Waals surface area (Å²) < 4.78 is 0. The van der Waals surface area contributed by atoms with Gasteiger partial charge < -0.3 is 10.6 Å². The number of rotatable bonds is 5. The average Bonchev–Trinajstić information content (AvgIpc) is 2.59. The van der Waals surface area contributed by atoms with Crippen molar-refractivity contribution in [2.24, 2.45) is 5.92 Å². The molecule has 1 fully saturated rings. The quantitative estimate of drug-likeness (QED) is 0.654. The lowest BCUT2D eigenvalue weighted by Crippen LogP contribution is -2.38. The maximum absolute atomic E-state index is 10.6. The standard InChI is InChI=1S/C11H22N2O/c1-3-10-5-4-6-11(10)13-8-7-12-9(2)14/h10-11,13H,3-8H2,1-2H3,(H,12,14). The molecule has 2 unspecified atom stereocenters. The van der Waals surface area contributed by atoms with E-state index in [0.717, 1.165) is 19.0 Å². The van der Waals surface area contributed by atoms with Crippen LogP contribution in [-0.4, -0.2) is 25.0 Å². The van der Waals surface area contributed by atoms with Gasteiger partial charge in [0, 0.05) is 26.1 Å². The maximum Gasteiger partial charge on any atom is 0.216 e. The van der Waals surface area contributed by atoms with E-state index in [-0.39, 0.29) is 5.91 Å². The second-order valence-corrected chi connectivity index (χ2v) is 4.14. The van der Waals surface area contributed by atoms with Gasteiger partial charge >= 0.3 is 0 Å². The van der Waals surface area contributed by atoms with Gasteiger partial charge in [0.25, 0.3) is 0 Å². The summed E-state index contributed by atoms with van der Waals surface area (Å²) >= 11 is 0. The normalized spacial score (nSPS) is 26.4. The fraction of sp³-hybridized carbons (Fsp3) is 0.909. The van der Waals surface area contributed by atoms with Crippen LogP contribution in [0.2, 0.25) is 0 Å². The Hall–Kier alpha value is -0.570. The van der Waals surface area contributed by atoms with Gasteiger partial charge in [-0.25, -0.2) is 0 Å². The predicted octanol–water partition coefficient (Wildman–Crippen LogP) is 1.29. The molecule has 0 aliphatic heterocycles. The molecule has 0 aromatic rings. The molecule has 0 heterocycles. The fourth-order valence-electron chi connectivity index (χ4n) is 2.29. The number of hydrogen-bond acceptors (Lipinski definition) is 2. The highest BCUT2D eigenvalue weighted by Gasteiger charge is 2.24. The lowest BCUT2D eigenvalue weighted by Gasteiger charge is -2.19. The Labute approximate surface area is 86.6 Å². The smallest absolute Gasteiger partial charge is 0.216 e. The Balaban J connectivity index is 2.08. The first-order chi connectivity index (χ1) is 6.74. The zero-order chi connectivity index (χ0) is 10.4. The summed E-state index contributed by atoms with van der Waals surface area (Å²) in [6.07, 6.45) is 5.31. The molecule has 0 spiro atoms.